The van der Waals surface area contributed by atoms with Crippen molar-refractivity contribution in [3.05, 3.63) is 33.3 Å². The van der Waals surface area contributed by atoms with Crippen LogP contribution in [-0.4, -0.2) is 225 Å². The fourth-order valence-corrected chi connectivity index (χ4v) is 6.79. The minimum absolute atomic E-state index is 0.339. The first-order chi connectivity index (χ1) is 26.4. The predicted molar refractivity (Wildman–Crippen MR) is 172 cm³/mol. The van der Waals surface area contributed by atoms with Gasteiger partial charge in [0.15, 0.2) is 31.1 Å². The fourth-order valence-electron chi connectivity index (χ4n) is 6.57. The lowest BCUT2D eigenvalue weighted by Crippen LogP contribution is -2.69. The van der Waals surface area contributed by atoms with Crippen molar-refractivity contribution in [3.63, 3.8) is 0 Å². The smallest absolute Gasteiger partial charge is 0.308 e. The molecule has 4 heterocycles. The summed E-state index contributed by atoms with van der Waals surface area (Å²) in [6, 6.07) is 2.90. The molecule has 4 aliphatic rings. The van der Waals surface area contributed by atoms with Gasteiger partial charge in [0.25, 0.3) is 5.69 Å². The first-order valence-corrected chi connectivity index (χ1v) is 17.3. The van der Waals surface area contributed by atoms with Crippen LogP contribution in [0.2, 0.25) is 5.02 Å². The van der Waals surface area contributed by atoms with Gasteiger partial charge in [0.05, 0.1) is 36.4 Å². The molecule has 26 heteroatoms. The number of halogens is 1. The normalized spacial score (nSPS) is 44.3. The van der Waals surface area contributed by atoms with Crippen molar-refractivity contribution in [2.75, 3.05) is 26.4 Å². The molecular weight excluding hydrogens is 794 g/mol. The number of hydrogen-bond donors (Lipinski definition) is 14. The number of nitro benzene ring substituents is 1. The first-order valence-electron chi connectivity index (χ1n) is 16.9. The van der Waals surface area contributed by atoms with E-state index in [1.807, 2.05) is 0 Å². The Morgan fingerprint density at radius 2 is 1.11 bits per heavy atom. The van der Waals surface area contributed by atoms with Crippen LogP contribution in [-0.2, 0) is 33.2 Å². The van der Waals surface area contributed by atoms with E-state index in [1.165, 1.54) is 0 Å². The van der Waals surface area contributed by atoms with Crippen LogP contribution < -0.4 is 4.74 Å². The molecule has 1 aromatic rings. The molecule has 0 aromatic heterocycles. The van der Waals surface area contributed by atoms with Crippen molar-refractivity contribution >= 4 is 17.3 Å². The van der Waals surface area contributed by atoms with Crippen LogP contribution in [0.5, 0.6) is 5.75 Å². The van der Waals surface area contributed by atoms with Crippen LogP contribution in [0.4, 0.5) is 5.69 Å². The van der Waals surface area contributed by atoms with Crippen LogP contribution in [0.3, 0.4) is 0 Å². The van der Waals surface area contributed by atoms with Gasteiger partial charge in [-0.3, -0.25) is 10.1 Å². The third-order valence-corrected chi connectivity index (χ3v) is 9.94. The van der Waals surface area contributed by atoms with Gasteiger partial charge in [-0.1, -0.05) is 11.6 Å². The Morgan fingerprint density at radius 1 is 0.625 bits per heavy atom. The van der Waals surface area contributed by atoms with Gasteiger partial charge < -0.3 is 109 Å². The Balaban J connectivity index is 1.42. The number of nitrogens with zero attached hydrogens (tertiary/aromatic N) is 1. The molecular formula is C30H44ClNO24. The van der Waals surface area contributed by atoms with Crippen LogP contribution >= 0.6 is 11.6 Å². The molecule has 56 heavy (non-hydrogen) atoms. The molecule has 0 radical (unpaired) electrons. The standard InChI is InChI=1S/C30H44ClNO24/c31-9-3-8(32(47)48)1-2-10(9)49-25-21(43)29(54-23-14(7-36)56-30(45,46)26(44)20(23)42)52-13(6-35)24(25)55-28-19(41)17(39)22(12(5-34)51-28)53-27-18(40)16(38)15(37)11(4-33)50-27/h1-3,11-29,33-46H,4-7H2/t11-,12-,13-,14-,15-,16+,17-,18-,19-,20+,21-,22-,23-,24+,25-,26-,27+,28+,29+/m1/s1. The monoisotopic (exact) mass is 837 g/mol. The van der Waals surface area contributed by atoms with E-state index in [9.17, 15) is 81.6 Å². The Kier molecular flexibility index (Phi) is 14.8. The van der Waals surface area contributed by atoms with Crippen molar-refractivity contribution in [1.29, 1.82) is 0 Å². The lowest BCUT2D eigenvalue weighted by atomic mass is 9.95. The number of non-ortho nitro benzene ring substituents is 1. The summed E-state index contributed by atoms with van der Waals surface area (Å²) in [5, 5.41) is 156. The third kappa shape index (κ3) is 9.04. The minimum atomic E-state index is -3.35. The van der Waals surface area contributed by atoms with Gasteiger partial charge >= 0.3 is 5.97 Å². The topological polar surface area (TPSA) is 400 Å². The second kappa shape index (κ2) is 18.4. The second-order valence-electron chi connectivity index (χ2n) is 13.3. The quantitative estimate of drug-likeness (QED) is 0.0498. The molecule has 0 aliphatic carbocycles. The molecule has 14 N–H and O–H groups in total. The lowest BCUT2D eigenvalue weighted by molar-refractivity contribution is -0.447. The van der Waals surface area contributed by atoms with Gasteiger partial charge in [-0.15, -0.1) is 0 Å². The van der Waals surface area contributed by atoms with Crippen LogP contribution in [0, 0.1) is 10.1 Å². The molecule has 0 saturated carbocycles. The molecule has 4 fully saturated rings. The summed E-state index contributed by atoms with van der Waals surface area (Å²) in [7, 11) is 0. The molecule has 0 bridgehead atoms. The number of benzene rings is 1. The van der Waals surface area contributed by atoms with E-state index in [2.05, 4.69) is 0 Å². The van der Waals surface area contributed by atoms with E-state index in [0.717, 1.165) is 18.2 Å². The maximum atomic E-state index is 11.6. The van der Waals surface area contributed by atoms with E-state index in [1.54, 1.807) is 0 Å². The maximum Gasteiger partial charge on any atom is 0.308 e. The molecule has 0 spiro atoms. The summed E-state index contributed by atoms with van der Waals surface area (Å²) >= 11 is 6.24. The van der Waals surface area contributed by atoms with Gasteiger partial charge in [-0.2, -0.15) is 0 Å². The maximum absolute atomic E-state index is 11.6. The van der Waals surface area contributed by atoms with Crippen molar-refractivity contribution in [1.82, 2.24) is 0 Å². The number of rotatable bonds is 13. The predicted octanol–water partition coefficient (Wildman–Crippen LogP) is -7.78. The van der Waals surface area contributed by atoms with Crippen molar-refractivity contribution < 1.29 is 114 Å². The van der Waals surface area contributed by atoms with Crippen molar-refractivity contribution in [2.24, 2.45) is 0 Å². The minimum Gasteiger partial charge on any atom is -0.483 e. The van der Waals surface area contributed by atoms with Crippen LogP contribution in [0.1, 0.15) is 0 Å². The molecule has 0 amide bonds. The van der Waals surface area contributed by atoms with E-state index in [0.29, 0.717) is 0 Å². The Bertz CT molecular complexity index is 1460. The van der Waals surface area contributed by atoms with E-state index in [-0.39, 0.29) is 10.8 Å². The molecule has 0 unspecified atom stereocenters. The van der Waals surface area contributed by atoms with Crippen LogP contribution in [0.25, 0.3) is 0 Å². The number of ether oxygens (including phenoxy) is 8. The molecule has 25 nitrogen and oxygen atoms in total. The molecule has 320 valence electrons. The number of aliphatic hydroxyl groups excluding tert-OH is 12. The number of nitro groups is 1. The highest BCUT2D eigenvalue weighted by Gasteiger charge is 2.58. The average Bonchev–Trinajstić information content (AvgIpc) is 3.17. The van der Waals surface area contributed by atoms with Crippen molar-refractivity contribution in [2.45, 2.75) is 123 Å². The summed E-state index contributed by atoms with van der Waals surface area (Å²) in [5.41, 5.74) is -0.468. The Hall–Kier alpha value is -2.13. The highest BCUT2D eigenvalue weighted by Crippen LogP contribution is 2.38. The van der Waals surface area contributed by atoms with Gasteiger partial charge in [-0.25, -0.2) is 0 Å². The highest BCUT2D eigenvalue weighted by molar-refractivity contribution is 6.32. The summed E-state index contributed by atoms with van der Waals surface area (Å²) in [6.07, 6.45) is -36.3. The lowest BCUT2D eigenvalue weighted by Gasteiger charge is -2.50. The second-order valence-corrected chi connectivity index (χ2v) is 13.7. The van der Waals surface area contributed by atoms with Crippen LogP contribution in [0.15, 0.2) is 18.2 Å². The number of hydrogen-bond acceptors (Lipinski definition) is 24. The molecule has 19 atom stereocenters. The summed E-state index contributed by atoms with van der Waals surface area (Å²) in [5.74, 6) is -3.69. The summed E-state index contributed by atoms with van der Waals surface area (Å²) in [6.45, 7) is -3.86. The zero-order valence-electron chi connectivity index (χ0n) is 28.7. The molecule has 4 aliphatic heterocycles. The molecule has 5 rings (SSSR count). The first kappa shape index (κ1) is 45.0. The van der Waals surface area contributed by atoms with Gasteiger partial charge in [-0.05, 0) is 6.07 Å². The van der Waals surface area contributed by atoms with Gasteiger partial charge in [0, 0.05) is 12.1 Å². The molecule has 1 aromatic carbocycles. The summed E-state index contributed by atoms with van der Waals surface area (Å²) < 4.78 is 44.4. The average molecular weight is 838 g/mol. The van der Waals surface area contributed by atoms with Crippen molar-refractivity contribution in [3.8, 4) is 5.75 Å². The number of aliphatic hydroxyl groups is 14. The SMILES string of the molecule is O=[N+]([O-])c1ccc(O[C@@H]2[C@@H](O)[C@H](O[C@H]3[C@H](O)[C@@H](O)C(O)(O)O[C@@H]3CO)O[C@H](CO)[C@@H]2O[C@@H]2O[C@H](CO)[C@@H](O[C@@H]3O[C@H](CO)[C@@H](O)[C@H](O)[C@H]3O)[C@H](O)[C@H]2O)c(Cl)c1. The van der Waals surface area contributed by atoms with E-state index >= 15 is 0 Å². The van der Waals surface area contributed by atoms with Gasteiger partial charge in [0.2, 0.25) is 0 Å². The zero-order chi connectivity index (χ0) is 41.4. The Morgan fingerprint density at radius 3 is 1.64 bits per heavy atom. The van der Waals surface area contributed by atoms with E-state index in [4.69, 9.17) is 49.5 Å². The highest BCUT2D eigenvalue weighted by atomic mass is 35.5. The van der Waals surface area contributed by atoms with Gasteiger partial charge in [0.1, 0.15) is 91.2 Å². The Labute approximate surface area is 319 Å². The largest absolute Gasteiger partial charge is 0.483 e. The third-order valence-electron chi connectivity index (χ3n) is 9.64. The molecule has 4 saturated heterocycles. The zero-order valence-corrected chi connectivity index (χ0v) is 29.5. The van der Waals surface area contributed by atoms with E-state index < -0.39 is 160 Å². The fraction of sp³-hybridized carbons (Fsp3) is 0.800. The summed E-state index contributed by atoms with van der Waals surface area (Å²) in [4.78, 5) is 10.5.